The number of aryl methyl sites for hydroxylation is 1. The largest absolute Gasteiger partial charge is 0.493 e. The summed E-state index contributed by atoms with van der Waals surface area (Å²) in [5, 5.41) is 0. The van der Waals surface area contributed by atoms with Crippen LogP contribution in [0.3, 0.4) is 0 Å². The molecule has 0 aliphatic heterocycles. The SMILES string of the molecule is CCCOc1ccccc1/C=C/C(=O)N(CC)c1cccc(C)c1. The van der Waals surface area contributed by atoms with E-state index in [0.717, 1.165) is 29.0 Å². The Hall–Kier alpha value is -2.55. The van der Waals surface area contributed by atoms with E-state index in [-0.39, 0.29) is 5.91 Å². The summed E-state index contributed by atoms with van der Waals surface area (Å²) in [6.07, 6.45) is 4.39. The molecule has 0 unspecified atom stereocenters. The quantitative estimate of drug-likeness (QED) is 0.682. The van der Waals surface area contributed by atoms with E-state index in [1.165, 1.54) is 0 Å². The lowest BCUT2D eigenvalue weighted by molar-refractivity contribution is -0.114. The molecule has 0 atom stereocenters. The zero-order valence-corrected chi connectivity index (χ0v) is 14.7. The number of nitrogens with zero attached hydrogens (tertiary/aromatic N) is 1. The van der Waals surface area contributed by atoms with Gasteiger partial charge in [0.15, 0.2) is 0 Å². The standard InChI is InChI=1S/C21H25NO2/c1-4-15-24-20-12-7-6-10-18(20)13-14-21(23)22(5-2)19-11-8-9-17(3)16-19/h6-14,16H,4-5,15H2,1-3H3/b14-13+. The summed E-state index contributed by atoms with van der Waals surface area (Å²) in [5.41, 5.74) is 2.98. The molecule has 0 saturated carbocycles. The first-order chi connectivity index (χ1) is 11.7. The minimum absolute atomic E-state index is 0.0339. The van der Waals surface area contributed by atoms with Gasteiger partial charge in [0.25, 0.3) is 5.91 Å². The van der Waals surface area contributed by atoms with Gasteiger partial charge in [-0.2, -0.15) is 0 Å². The van der Waals surface area contributed by atoms with Crippen molar-refractivity contribution in [2.45, 2.75) is 27.2 Å². The van der Waals surface area contributed by atoms with Gasteiger partial charge in [-0.3, -0.25) is 4.79 Å². The van der Waals surface area contributed by atoms with Crippen LogP contribution < -0.4 is 9.64 Å². The maximum atomic E-state index is 12.6. The van der Waals surface area contributed by atoms with Gasteiger partial charge in [-0.25, -0.2) is 0 Å². The Morgan fingerprint density at radius 2 is 1.92 bits per heavy atom. The Morgan fingerprint density at radius 3 is 2.62 bits per heavy atom. The van der Waals surface area contributed by atoms with E-state index in [9.17, 15) is 4.79 Å². The molecule has 0 N–H and O–H groups in total. The molecule has 2 aromatic carbocycles. The minimum atomic E-state index is -0.0339. The Kier molecular flexibility index (Phi) is 6.62. The van der Waals surface area contributed by atoms with E-state index in [1.54, 1.807) is 11.0 Å². The third-order valence-electron chi connectivity index (χ3n) is 3.68. The smallest absolute Gasteiger partial charge is 0.250 e. The predicted molar refractivity (Wildman–Crippen MR) is 100 cm³/mol. The molecule has 126 valence electrons. The Bertz CT molecular complexity index is 706. The number of amides is 1. The Morgan fingerprint density at radius 1 is 1.12 bits per heavy atom. The highest BCUT2D eigenvalue weighted by atomic mass is 16.5. The summed E-state index contributed by atoms with van der Waals surface area (Å²) in [6.45, 7) is 7.37. The number of para-hydroxylation sites is 1. The van der Waals surface area contributed by atoms with Gasteiger partial charge in [-0.1, -0.05) is 37.3 Å². The molecule has 0 spiro atoms. The number of hydrogen-bond donors (Lipinski definition) is 0. The topological polar surface area (TPSA) is 29.5 Å². The average molecular weight is 323 g/mol. The van der Waals surface area contributed by atoms with Crippen LogP contribution in [-0.4, -0.2) is 19.1 Å². The molecule has 0 heterocycles. The van der Waals surface area contributed by atoms with E-state index in [2.05, 4.69) is 6.92 Å². The molecule has 0 saturated heterocycles. The first-order valence-corrected chi connectivity index (χ1v) is 8.43. The van der Waals surface area contributed by atoms with Gasteiger partial charge in [-0.05, 0) is 50.1 Å². The van der Waals surface area contributed by atoms with Gasteiger partial charge in [-0.15, -0.1) is 0 Å². The van der Waals surface area contributed by atoms with Gasteiger partial charge in [0.05, 0.1) is 6.61 Å². The fraction of sp³-hybridized carbons (Fsp3) is 0.286. The summed E-state index contributed by atoms with van der Waals surface area (Å²) in [7, 11) is 0. The van der Waals surface area contributed by atoms with E-state index < -0.39 is 0 Å². The van der Waals surface area contributed by atoms with Crippen molar-refractivity contribution in [2.75, 3.05) is 18.1 Å². The van der Waals surface area contributed by atoms with Crippen LogP contribution in [0.4, 0.5) is 5.69 Å². The average Bonchev–Trinajstić information content (AvgIpc) is 2.59. The number of benzene rings is 2. The van der Waals surface area contributed by atoms with E-state index in [4.69, 9.17) is 4.74 Å². The van der Waals surface area contributed by atoms with Crippen molar-refractivity contribution in [3.63, 3.8) is 0 Å². The molecule has 3 heteroatoms. The molecule has 2 rings (SSSR count). The van der Waals surface area contributed by atoms with Gasteiger partial charge >= 0.3 is 0 Å². The van der Waals surface area contributed by atoms with Crippen molar-refractivity contribution in [1.82, 2.24) is 0 Å². The van der Waals surface area contributed by atoms with Gasteiger partial charge in [0.2, 0.25) is 0 Å². The number of rotatable bonds is 7. The second-order valence-corrected chi connectivity index (χ2v) is 5.64. The fourth-order valence-electron chi connectivity index (χ4n) is 2.47. The van der Waals surface area contributed by atoms with Gasteiger partial charge in [0.1, 0.15) is 5.75 Å². The van der Waals surface area contributed by atoms with Gasteiger partial charge < -0.3 is 9.64 Å². The minimum Gasteiger partial charge on any atom is -0.493 e. The fourth-order valence-corrected chi connectivity index (χ4v) is 2.47. The van der Waals surface area contributed by atoms with Crippen LogP contribution in [-0.2, 0) is 4.79 Å². The zero-order chi connectivity index (χ0) is 17.4. The van der Waals surface area contributed by atoms with Crippen LogP contribution in [0.15, 0.2) is 54.6 Å². The van der Waals surface area contributed by atoms with Crippen molar-refractivity contribution in [3.8, 4) is 5.75 Å². The van der Waals surface area contributed by atoms with Crippen LogP contribution >= 0.6 is 0 Å². The molecule has 0 fully saturated rings. The van der Waals surface area contributed by atoms with Crippen LogP contribution in [0.2, 0.25) is 0 Å². The highest BCUT2D eigenvalue weighted by molar-refractivity contribution is 6.04. The van der Waals surface area contributed by atoms with E-state index in [0.29, 0.717) is 13.2 Å². The third kappa shape index (κ3) is 4.72. The van der Waals surface area contributed by atoms with Crippen molar-refractivity contribution in [3.05, 3.63) is 65.7 Å². The van der Waals surface area contributed by atoms with Gasteiger partial charge in [0, 0.05) is 23.9 Å². The van der Waals surface area contributed by atoms with E-state index in [1.807, 2.05) is 68.5 Å². The molecular weight excluding hydrogens is 298 g/mol. The number of anilines is 1. The predicted octanol–water partition coefficient (Wildman–Crippen LogP) is 4.85. The maximum Gasteiger partial charge on any atom is 0.250 e. The number of carbonyl (C=O) groups excluding carboxylic acids is 1. The summed E-state index contributed by atoms with van der Waals surface area (Å²) < 4.78 is 5.73. The Balaban J connectivity index is 2.17. The van der Waals surface area contributed by atoms with Crippen LogP contribution in [0, 0.1) is 6.92 Å². The molecule has 2 aromatic rings. The lowest BCUT2D eigenvalue weighted by Gasteiger charge is -2.19. The molecule has 0 aromatic heterocycles. The van der Waals surface area contributed by atoms with E-state index >= 15 is 0 Å². The lowest BCUT2D eigenvalue weighted by atomic mass is 10.1. The molecular formula is C21H25NO2. The summed E-state index contributed by atoms with van der Waals surface area (Å²) >= 11 is 0. The summed E-state index contributed by atoms with van der Waals surface area (Å²) in [5.74, 6) is 0.774. The van der Waals surface area contributed by atoms with Crippen LogP contribution in [0.1, 0.15) is 31.4 Å². The summed E-state index contributed by atoms with van der Waals surface area (Å²) in [4.78, 5) is 14.3. The number of likely N-dealkylation sites (N-methyl/N-ethyl adjacent to an activating group) is 1. The molecule has 0 aliphatic rings. The number of ether oxygens (including phenoxy) is 1. The van der Waals surface area contributed by atoms with Crippen LogP contribution in [0.25, 0.3) is 6.08 Å². The second-order valence-electron chi connectivity index (χ2n) is 5.64. The number of hydrogen-bond acceptors (Lipinski definition) is 2. The molecule has 0 radical (unpaired) electrons. The molecule has 24 heavy (non-hydrogen) atoms. The monoisotopic (exact) mass is 323 g/mol. The normalized spacial score (nSPS) is 10.8. The van der Waals surface area contributed by atoms with Crippen molar-refractivity contribution in [1.29, 1.82) is 0 Å². The van der Waals surface area contributed by atoms with Crippen LogP contribution in [0.5, 0.6) is 5.75 Å². The first-order valence-electron chi connectivity index (χ1n) is 8.43. The van der Waals surface area contributed by atoms with Crippen molar-refractivity contribution >= 4 is 17.7 Å². The van der Waals surface area contributed by atoms with Crippen molar-refractivity contribution in [2.24, 2.45) is 0 Å². The molecule has 3 nitrogen and oxygen atoms in total. The summed E-state index contributed by atoms with van der Waals surface area (Å²) in [6, 6.07) is 15.7. The highest BCUT2D eigenvalue weighted by Gasteiger charge is 2.11. The Labute approximate surface area is 144 Å². The first kappa shape index (κ1) is 17.8. The lowest BCUT2D eigenvalue weighted by Crippen LogP contribution is -2.28. The maximum absolute atomic E-state index is 12.6. The zero-order valence-electron chi connectivity index (χ0n) is 14.7. The molecule has 0 aliphatic carbocycles. The third-order valence-corrected chi connectivity index (χ3v) is 3.68. The number of carbonyl (C=O) groups is 1. The molecule has 0 bridgehead atoms. The second kappa shape index (κ2) is 8.92. The van der Waals surface area contributed by atoms with Crippen molar-refractivity contribution < 1.29 is 9.53 Å². The molecule has 1 amide bonds. The highest BCUT2D eigenvalue weighted by Crippen LogP contribution is 2.21.